The second kappa shape index (κ2) is 7.36. The number of anilines is 1. The van der Waals surface area contributed by atoms with Gasteiger partial charge in [0.05, 0.1) is 6.54 Å². The normalized spacial score (nSPS) is 10.7. The maximum atomic E-state index is 11.8. The van der Waals surface area contributed by atoms with E-state index in [1.54, 1.807) is 12.1 Å². The minimum absolute atomic E-state index is 0.0418. The minimum atomic E-state index is -0.0418. The number of nitrogens with one attached hydrogen (secondary N) is 1. The average Bonchev–Trinajstić information content (AvgIpc) is 2.31. The Labute approximate surface area is 113 Å². The van der Waals surface area contributed by atoms with Crippen LogP contribution >= 0.6 is 11.6 Å². The fraction of sp³-hybridized carbons (Fsp3) is 0.462. The first-order valence-corrected chi connectivity index (χ1v) is 6.35. The van der Waals surface area contributed by atoms with Crippen molar-refractivity contribution in [3.05, 3.63) is 28.8 Å². The van der Waals surface area contributed by atoms with Crippen LogP contribution in [0.2, 0.25) is 5.02 Å². The molecule has 0 bridgehead atoms. The van der Waals surface area contributed by atoms with E-state index in [-0.39, 0.29) is 5.91 Å². The van der Waals surface area contributed by atoms with Crippen LogP contribution in [0, 0.1) is 6.92 Å². The highest BCUT2D eigenvalue weighted by molar-refractivity contribution is 6.31. The van der Waals surface area contributed by atoms with E-state index in [9.17, 15) is 4.79 Å². The molecule has 0 aliphatic carbocycles. The summed E-state index contributed by atoms with van der Waals surface area (Å²) in [7, 11) is 1.90. The van der Waals surface area contributed by atoms with Gasteiger partial charge >= 0.3 is 0 Å². The lowest BCUT2D eigenvalue weighted by Gasteiger charge is -2.16. The SMILES string of the molecule is Cc1ccc(Cl)cc1NC(=O)CN(C)CCCN. The molecule has 0 unspecified atom stereocenters. The minimum Gasteiger partial charge on any atom is -0.330 e. The number of amides is 1. The average molecular weight is 270 g/mol. The summed E-state index contributed by atoms with van der Waals surface area (Å²) in [4.78, 5) is 13.8. The van der Waals surface area contributed by atoms with Crippen molar-refractivity contribution >= 4 is 23.2 Å². The third kappa shape index (κ3) is 5.04. The van der Waals surface area contributed by atoms with Crippen LogP contribution in [-0.2, 0) is 4.79 Å². The zero-order chi connectivity index (χ0) is 13.5. The van der Waals surface area contributed by atoms with Crippen molar-refractivity contribution in [2.75, 3.05) is 32.0 Å². The lowest BCUT2D eigenvalue weighted by molar-refractivity contribution is -0.117. The molecular formula is C13H20ClN3O. The third-order valence-corrected chi connectivity index (χ3v) is 2.87. The van der Waals surface area contributed by atoms with Crippen molar-refractivity contribution in [2.45, 2.75) is 13.3 Å². The van der Waals surface area contributed by atoms with Crippen molar-refractivity contribution < 1.29 is 4.79 Å². The second-order valence-corrected chi connectivity index (χ2v) is 4.82. The largest absolute Gasteiger partial charge is 0.330 e. The Kier molecular flexibility index (Phi) is 6.12. The third-order valence-electron chi connectivity index (χ3n) is 2.63. The van der Waals surface area contributed by atoms with E-state index in [4.69, 9.17) is 17.3 Å². The maximum Gasteiger partial charge on any atom is 0.238 e. The van der Waals surface area contributed by atoms with Gasteiger partial charge in [0.25, 0.3) is 0 Å². The zero-order valence-corrected chi connectivity index (χ0v) is 11.6. The van der Waals surface area contributed by atoms with Crippen LogP contribution in [0.15, 0.2) is 18.2 Å². The number of nitrogens with zero attached hydrogens (tertiary/aromatic N) is 1. The molecule has 0 saturated carbocycles. The Balaban J connectivity index is 2.51. The van der Waals surface area contributed by atoms with Crippen LogP contribution in [0.3, 0.4) is 0 Å². The number of benzene rings is 1. The molecule has 0 heterocycles. The van der Waals surface area contributed by atoms with E-state index < -0.39 is 0 Å². The molecule has 1 rings (SSSR count). The molecule has 0 aromatic heterocycles. The van der Waals surface area contributed by atoms with E-state index in [1.165, 1.54) is 0 Å². The predicted molar refractivity (Wildman–Crippen MR) is 76.0 cm³/mol. The molecule has 1 aromatic rings. The lowest BCUT2D eigenvalue weighted by Crippen LogP contribution is -2.31. The van der Waals surface area contributed by atoms with Gasteiger partial charge in [0, 0.05) is 10.7 Å². The van der Waals surface area contributed by atoms with E-state index in [1.807, 2.05) is 24.9 Å². The molecule has 3 N–H and O–H groups in total. The van der Waals surface area contributed by atoms with Gasteiger partial charge in [0.1, 0.15) is 0 Å². The molecule has 0 spiro atoms. The van der Waals surface area contributed by atoms with Crippen LogP contribution in [0.1, 0.15) is 12.0 Å². The van der Waals surface area contributed by atoms with E-state index in [2.05, 4.69) is 5.32 Å². The molecular weight excluding hydrogens is 250 g/mol. The molecule has 0 aliphatic heterocycles. The quantitative estimate of drug-likeness (QED) is 0.829. The summed E-state index contributed by atoms with van der Waals surface area (Å²) >= 11 is 5.90. The number of hydrogen-bond acceptors (Lipinski definition) is 3. The van der Waals surface area contributed by atoms with Crippen molar-refractivity contribution in [3.63, 3.8) is 0 Å². The number of carbonyl (C=O) groups excluding carboxylic acids is 1. The Morgan fingerprint density at radius 1 is 1.50 bits per heavy atom. The highest BCUT2D eigenvalue weighted by atomic mass is 35.5. The topological polar surface area (TPSA) is 58.4 Å². The van der Waals surface area contributed by atoms with Gasteiger partial charge in [-0.3, -0.25) is 9.69 Å². The van der Waals surface area contributed by atoms with Crippen molar-refractivity contribution in [1.29, 1.82) is 0 Å². The Bertz CT molecular complexity index is 409. The van der Waals surface area contributed by atoms with Gasteiger partial charge in [-0.15, -0.1) is 0 Å². The molecule has 1 aromatic carbocycles. The van der Waals surface area contributed by atoms with Gasteiger partial charge in [0.15, 0.2) is 0 Å². The number of halogens is 1. The van der Waals surface area contributed by atoms with Crippen LogP contribution in [-0.4, -0.2) is 37.5 Å². The standard InChI is InChI=1S/C13H20ClN3O/c1-10-4-5-11(14)8-12(10)16-13(18)9-17(2)7-3-6-15/h4-5,8H,3,6-7,9,15H2,1-2H3,(H,16,18). The van der Waals surface area contributed by atoms with Gasteiger partial charge in [-0.1, -0.05) is 17.7 Å². The van der Waals surface area contributed by atoms with Gasteiger partial charge in [-0.2, -0.15) is 0 Å². The molecule has 0 fully saturated rings. The van der Waals surface area contributed by atoms with Crippen LogP contribution in [0.5, 0.6) is 0 Å². The van der Waals surface area contributed by atoms with Crippen molar-refractivity contribution in [1.82, 2.24) is 4.90 Å². The van der Waals surface area contributed by atoms with Gasteiger partial charge < -0.3 is 11.1 Å². The van der Waals surface area contributed by atoms with Crippen molar-refractivity contribution in [3.8, 4) is 0 Å². The number of carbonyl (C=O) groups is 1. The van der Waals surface area contributed by atoms with E-state index in [0.717, 1.165) is 24.2 Å². The van der Waals surface area contributed by atoms with Gasteiger partial charge in [-0.25, -0.2) is 0 Å². The molecule has 5 heteroatoms. The summed E-state index contributed by atoms with van der Waals surface area (Å²) in [6.07, 6.45) is 0.889. The number of hydrogen-bond donors (Lipinski definition) is 2. The number of rotatable bonds is 6. The molecule has 4 nitrogen and oxygen atoms in total. The van der Waals surface area contributed by atoms with Crippen LogP contribution in [0.25, 0.3) is 0 Å². The number of aryl methyl sites for hydroxylation is 1. The molecule has 0 atom stereocenters. The summed E-state index contributed by atoms with van der Waals surface area (Å²) in [6, 6.07) is 5.45. The molecule has 0 saturated heterocycles. The smallest absolute Gasteiger partial charge is 0.238 e. The summed E-state index contributed by atoms with van der Waals surface area (Å²) in [5.74, 6) is -0.0418. The van der Waals surface area contributed by atoms with Crippen LogP contribution in [0.4, 0.5) is 5.69 Å². The van der Waals surface area contributed by atoms with Crippen molar-refractivity contribution in [2.24, 2.45) is 5.73 Å². The maximum absolute atomic E-state index is 11.8. The molecule has 0 aliphatic rings. The van der Waals surface area contributed by atoms with E-state index in [0.29, 0.717) is 18.1 Å². The lowest BCUT2D eigenvalue weighted by atomic mass is 10.2. The highest BCUT2D eigenvalue weighted by Crippen LogP contribution is 2.19. The van der Waals surface area contributed by atoms with Crippen LogP contribution < -0.4 is 11.1 Å². The number of likely N-dealkylation sites (N-methyl/N-ethyl adjacent to an activating group) is 1. The predicted octanol–water partition coefficient (Wildman–Crippen LogP) is 1.87. The summed E-state index contributed by atoms with van der Waals surface area (Å²) in [5, 5.41) is 3.48. The first-order valence-electron chi connectivity index (χ1n) is 5.97. The zero-order valence-electron chi connectivity index (χ0n) is 10.9. The monoisotopic (exact) mass is 269 g/mol. The molecule has 18 heavy (non-hydrogen) atoms. The Morgan fingerprint density at radius 3 is 2.89 bits per heavy atom. The first kappa shape index (κ1) is 15.0. The Hall–Kier alpha value is -1.10. The Morgan fingerprint density at radius 2 is 2.22 bits per heavy atom. The molecule has 1 amide bonds. The highest BCUT2D eigenvalue weighted by Gasteiger charge is 2.08. The first-order chi connectivity index (χ1) is 8.52. The molecule has 100 valence electrons. The van der Waals surface area contributed by atoms with E-state index >= 15 is 0 Å². The van der Waals surface area contributed by atoms with Gasteiger partial charge in [-0.05, 0) is 51.2 Å². The summed E-state index contributed by atoms with van der Waals surface area (Å²) in [6.45, 7) is 3.74. The summed E-state index contributed by atoms with van der Waals surface area (Å²) < 4.78 is 0. The summed E-state index contributed by atoms with van der Waals surface area (Å²) in [5.41, 5.74) is 7.19. The number of nitrogens with two attached hydrogens (primary N) is 1. The fourth-order valence-corrected chi connectivity index (χ4v) is 1.78. The molecule has 0 radical (unpaired) electrons. The fourth-order valence-electron chi connectivity index (χ4n) is 1.60. The second-order valence-electron chi connectivity index (χ2n) is 4.39. The van der Waals surface area contributed by atoms with Gasteiger partial charge in [0.2, 0.25) is 5.91 Å².